The Balaban J connectivity index is 2.11. The molecule has 0 aliphatic rings. The molecule has 0 saturated carbocycles. The Hall–Kier alpha value is -2.76. The first-order valence-corrected chi connectivity index (χ1v) is 5.53. The smallest absolute Gasteiger partial charge is 0.307 e. The molecule has 1 amide bonds. The van der Waals surface area contributed by atoms with Crippen LogP contribution in [0.25, 0.3) is 0 Å². The number of aromatic nitrogens is 2. The van der Waals surface area contributed by atoms with E-state index < -0.39 is 5.97 Å². The molecule has 0 bridgehead atoms. The molecular formula is C13H11N3O3. The summed E-state index contributed by atoms with van der Waals surface area (Å²) in [6.45, 7) is 0. The number of carbonyl (C=O) groups is 2. The number of nitrogens with zero attached hydrogens (tertiary/aromatic N) is 2. The summed E-state index contributed by atoms with van der Waals surface area (Å²) in [7, 11) is 0. The molecule has 0 unspecified atom stereocenters. The molecule has 2 rings (SSSR count). The van der Waals surface area contributed by atoms with E-state index in [1.807, 2.05) is 0 Å². The summed E-state index contributed by atoms with van der Waals surface area (Å²) >= 11 is 0. The van der Waals surface area contributed by atoms with E-state index in [1.54, 1.807) is 24.3 Å². The highest BCUT2D eigenvalue weighted by Crippen LogP contribution is 2.12. The molecule has 0 spiro atoms. The first-order valence-electron chi connectivity index (χ1n) is 5.53. The van der Waals surface area contributed by atoms with Crippen molar-refractivity contribution in [1.29, 1.82) is 0 Å². The second kappa shape index (κ2) is 5.72. The maximum Gasteiger partial charge on any atom is 0.307 e. The molecule has 6 nitrogen and oxygen atoms in total. The Kier molecular flexibility index (Phi) is 3.82. The van der Waals surface area contributed by atoms with Crippen LogP contribution in [0.1, 0.15) is 16.1 Å². The number of carboxylic acid groups (broad SMARTS) is 1. The zero-order chi connectivity index (χ0) is 13.7. The Morgan fingerprint density at radius 1 is 1.26 bits per heavy atom. The van der Waals surface area contributed by atoms with Crippen molar-refractivity contribution in [2.75, 3.05) is 5.32 Å². The van der Waals surface area contributed by atoms with Crippen molar-refractivity contribution in [2.45, 2.75) is 6.42 Å². The number of hydrogen-bond donors (Lipinski definition) is 2. The lowest BCUT2D eigenvalue weighted by Crippen LogP contribution is -2.14. The van der Waals surface area contributed by atoms with Gasteiger partial charge in [-0.15, -0.1) is 0 Å². The molecule has 0 fully saturated rings. The van der Waals surface area contributed by atoms with E-state index in [9.17, 15) is 9.59 Å². The number of hydrogen-bond acceptors (Lipinski definition) is 4. The maximum absolute atomic E-state index is 11.8. The van der Waals surface area contributed by atoms with Gasteiger partial charge in [-0.25, -0.2) is 4.98 Å². The average Bonchev–Trinajstić information content (AvgIpc) is 2.39. The SMILES string of the molecule is O=C(O)Cc1cccc(NC(=O)c2cnccn2)c1. The van der Waals surface area contributed by atoms with Gasteiger partial charge in [0.15, 0.2) is 0 Å². The molecule has 1 heterocycles. The highest BCUT2D eigenvalue weighted by Gasteiger charge is 2.08. The normalized spacial score (nSPS) is 9.89. The van der Waals surface area contributed by atoms with Crippen LogP contribution in [0.2, 0.25) is 0 Å². The molecule has 2 N–H and O–H groups in total. The topological polar surface area (TPSA) is 92.2 Å². The van der Waals surface area contributed by atoms with Gasteiger partial charge in [-0.2, -0.15) is 0 Å². The number of rotatable bonds is 4. The molecular weight excluding hydrogens is 246 g/mol. The lowest BCUT2D eigenvalue weighted by Gasteiger charge is -2.05. The lowest BCUT2D eigenvalue weighted by atomic mass is 10.1. The molecule has 1 aromatic carbocycles. The molecule has 0 aliphatic heterocycles. The predicted molar refractivity (Wildman–Crippen MR) is 67.8 cm³/mol. The number of nitrogens with one attached hydrogen (secondary N) is 1. The predicted octanol–water partition coefficient (Wildman–Crippen LogP) is 1.36. The summed E-state index contributed by atoms with van der Waals surface area (Å²) < 4.78 is 0. The minimum Gasteiger partial charge on any atom is -0.481 e. The van der Waals surface area contributed by atoms with E-state index in [2.05, 4.69) is 15.3 Å². The molecule has 1 aromatic heterocycles. The number of aliphatic carboxylic acids is 1. The van der Waals surface area contributed by atoms with Crippen molar-refractivity contribution in [3.05, 3.63) is 54.1 Å². The van der Waals surface area contributed by atoms with Gasteiger partial charge in [0.1, 0.15) is 5.69 Å². The van der Waals surface area contributed by atoms with Crippen LogP contribution in [0.15, 0.2) is 42.9 Å². The standard InChI is InChI=1S/C13H11N3O3/c17-12(18)7-9-2-1-3-10(6-9)16-13(19)11-8-14-4-5-15-11/h1-6,8H,7H2,(H,16,19)(H,17,18). The molecule has 96 valence electrons. The molecule has 0 atom stereocenters. The third kappa shape index (κ3) is 3.60. The van der Waals surface area contributed by atoms with E-state index in [-0.39, 0.29) is 18.0 Å². The zero-order valence-corrected chi connectivity index (χ0v) is 9.91. The summed E-state index contributed by atoms with van der Waals surface area (Å²) in [5.74, 6) is -1.31. The fourth-order valence-electron chi connectivity index (χ4n) is 1.55. The van der Waals surface area contributed by atoms with E-state index in [1.165, 1.54) is 18.6 Å². The van der Waals surface area contributed by atoms with Crippen molar-refractivity contribution in [2.24, 2.45) is 0 Å². The highest BCUT2D eigenvalue weighted by atomic mass is 16.4. The third-order valence-electron chi connectivity index (χ3n) is 2.34. The lowest BCUT2D eigenvalue weighted by molar-refractivity contribution is -0.136. The summed E-state index contributed by atoms with van der Waals surface area (Å²) in [5, 5.41) is 11.3. The van der Waals surface area contributed by atoms with E-state index >= 15 is 0 Å². The maximum atomic E-state index is 11.8. The second-order valence-electron chi connectivity index (χ2n) is 3.82. The second-order valence-corrected chi connectivity index (χ2v) is 3.82. The minimum atomic E-state index is -0.919. The molecule has 0 radical (unpaired) electrons. The van der Waals surface area contributed by atoms with Crippen LogP contribution in [0.4, 0.5) is 5.69 Å². The Morgan fingerprint density at radius 3 is 2.79 bits per heavy atom. The molecule has 2 aromatic rings. The van der Waals surface area contributed by atoms with Crippen molar-refractivity contribution >= 4 is 17.6 Å². The summed E-state index contributed by atoms with van der Waals surface area (Å²) in [6.07, 6.45) is 4.17. The molecule has 6 heteroatoms. The Labute approximate surface area is 109 Å². The van der Waals surface area contributed by atoms with Crippen LogP contribution in [-0.4, -0.2) is 27.0 Å². The van der Waals surface area contributed by atoms with Crippen LogP contribution in [0.5, 0.6) is 0 Å². The fourth-order valence-corrected chi connectivity index (χ4v) is 1.55. The van der Waals surface area contributed by atoms with Gasteiger partial charge in [-0.3, -0.25) is 14.6 Å². The zero-order valence-electron chi connectivity index (χ0n) is 9.91. The van der Waals surface area contributed by atoms with Gasteiger partial charge in [-0.1, -0.05) is 12.1 Å². The number of anilines is 1. The first kappa shape index (κ1) is 12.7. The van der Waals surface area contributed by atoms with Crippen LogP contribution in [0, 0.1) is 0 Å². The van der Waals surface area contributed by atoms with Crippen LogP contribution in [0.3, 0.4) is 0 Å². The van der Waals surface area contributed by atoms with E-state index in [0.29, 0.717) is 11.3 Å². The van der Waals surface area contributed by atoms with Gasteiger partial charge >= 0.3 is 5.97 Å². The van der Waals surface area contributed by atoms with Gasteiger partial charge in [0.2, 0.25) is 0 Å². The number of carbonyl (C=O) groups excluding carboxylic acids is 1. The fraction of sp³-hybridized carbons (Fsp3) is 0.0769. The summed E-state index contributed by atoms with van der Waals surface area (Å²) in [4.78, 5) is 30.1. The van der Waals surface area contributed by atoms with Crippen LogP contribution >= 0.6 is 0 Å². The quantitative estimate of drug-likeness (QED) is 0.862. The van der Waals surface area contributed by atoms with Crippen molar-refractivity contribution in [1.82, 2.24) is 9.97 Å². The Morgan fingerprint density at radius 2 is 2.11 bits per heavy atom. The highest BCUT2D eigenvalue weighted by molar-refractivity contribution is 6.02. The van der Waals surface area contributed by atoms with E-state index in [0.717, 1.165) is 0 Å². The summed E-state index contributed by atoms with van der Waals surface area (Å²) in [5.41, 5.74) is 1.34. The largest absolute Gasteiger partial charge is 0.481 e. The minimum absolute atomic E-state index is 0.0884. The third-order valence-corrected chi connectivity index (χ3v) is 2.34. The Bertz CT molecular complexity index is 599. The van der Waals surface area contributed by atoms with Gasteiger partial charge in [0, 0.05) is 18.1 Å². The van der Waals surface area contributed by atoms with Crippen LogP contribution < -0.4 is 5.32 Å². The monoisotopic (exact) mass is 257 g/mol. The summed E-state index contributed by atoms with van der Waals surface area (Å²) in [6, 6.07) is 6.67. The molecule has 0 aliphatic carbocycles. The van der Waals surface area contributed by atoms with Crippen molar-refractivity contribution in [3.63, 3.8) is 0 Å². The van der Waals surface area contributed by atoms with Gasteiger partial charge in [-0.05, 0) is 17.7 Å². The number of benzene rings is 1. The van der Waals surface area contributed by atoms with Gasteiger partial charge in [0.05, 0.1) is 12.6 Å². The van der Waals surface area contributed by atoms with Gasteiger partial charge < -0.3 is 10.4 Å². The number of carboxylic acids is 1. The van der Waals surface area contributed by atoms with Crippen molar-refractivity contribution < 1.29 is 14.7 Å². The van der Waals surface area contributed by atoms with E-state index in [4.69, 9.17) is 5.11 Å². The number of amides is 1. The molecule has 19 heavy (non-hydrogen) atoms. The van der Waals surface area contributed by atoms with Crippen LogP contribution in [-0.2, 0) is 11.2 Å². The molecule has 0 saturated heterocycles. The van der Waals surface area contributed by atoms with Crippen molar-refractivity contribution in [3.8, 4) is 0 Å². The van der Waals surface area contributed by atoms with Gasteiger partial charge in [0.25, 0.3) is 5.91 Å². The first-order chi connectivity index (χ1) is 9.15. The average molecular weight is 257 g/mol.